The quantitative estimate of drug-likeness (QED) is 0.640. The van der Waals surface area contributed by atoms with E-state index in [1.807, 2.05) is 18.4 Å². The number of rotatable bonds is 6. The summed E-state index contributed by atoms with van der Waals surface area (Å²) >= 11 is 0. The predicted molar refractivity (Wildman–Crippen MR) is 74.4 cm³/mol. The van der Waals surface area contributed by atoms with Crippen LogP contribution in [0.25, 0.3) is 11.5 Å². The van der Waals surface area contributed by atoms with Gasteiger partial charge < -0.3 is 9.88 Å². The van der Waals surface area contributed by atoms with E-state index in [-0.39, 0.29) is 17.2 Å². The molecule has 0 saturated carbocycles. The second kappa shape index (κ2) is 6.09. The van der Waals surface area contributed by atoms with Gasteiger partial charge in [-0.15, -0.1) is 0 Å². The molecule has 0 aliphatic heterocycles. The van der Waals surface area contributed by atoms with Crippen LogP contribution in [0, 0.1) is 10.1 Å². The first-order chi connectivity index (χ1) is 9.69. The highest BCUT2D eigenvalue weighted by molar-refractivity contribution is 5.73. The monoisotopic (exact) mass is 276 g/mol. The maximum atomic E-state index is 11.3. The minimum atomic E-state index is -0.474. The van der Waals surface area contributed by atoms with Gasteiger partial charge in [-0.25, -0.2) is 15.0 Å². The second-order valence-electron chi connectivity index (χ2n) is 4.15. The normalized spacial score (nSPS) is 10.5. The second-order valence-corrected chi connectivity index (χ2v) is 4.15. The standard InChI is InChI=1S/C12H16N6O2/c1-3-6-17-7-5-14-12(17)9-10(18(19)20)11(13-4-2)16-8-15-9/h5,7-8H,3-4,6H2,1-2H3,(H,13,15,16). The van der Waals surface area contributed by atoms with Crippen molar-refractivity contribution in [1.82, 2.24) is 19.5 Å². The molecule has 0 saturated heterocycles. The fraction of sp³-hybridized carbons (Fsp3) is 0.417. The number of nitrogens with one attached hydrogen (secondary N) is 1. The van der Waals surface area contributed by atoms with E-state index in [1.165, 1.54) is 6.33 Å². The molecular weight excluding hydrogens is 260 g/mol. The Morgan fingerprint density at radius 3 is 2.80 bits per heavy atom. The molecule has 1 N–H and O–H groups in total. The van der Waals surface area contributed by atoms with Crippen LogP contribution in [-0.2, 0) is 6.54 Å². The molecule has 2 aromatic rings. The van der Waals surface area contributed by atoms with E-state index < -0.39 is 4.92 Å². The molecular formula is C12H16N6O2. The Balaban J connectivity index is 2.58. The summed E-state index contributed by atoms with van der Waals surface area (Å²) in [4.78, 5) is 23.0. The van der Waals surface area contributed by atoms with E-state index in [0.717, 1.165) is 13.0 Å². The van der Waals surface area contributed by atoms with Gasteiger partial charge in [0.1, 0.15) is 6.33 Å². The van der Waals surface area contributed by atoms with Crippen molar-refractivity contribution in [3.63, 3.8) is 0 Å². The van der Waals surface area contributed by atoms with Gasteiger partial charge in [0.25, 0.3) is 0 Å². The van der Waals surface area contributed by atoms with Crippen molar-refractivity contribution in [2.45, 2.75) is 26.8 Å². The van der Waals surface area contributed by atoms with E-state index >= 15 is 0 Å². The molecule has 2 heterocycles. The zero-order valence-corrected chi connectivity index (χ0v) is 11.4. The van der Waals surface area contributed by atoms with Crippen LogP contribution in [0.2, 0.25) is 0 Å². The summed E-state index contributed by atoms with van der Waals surface area (Å²) < 4.78 is 1.85. The lowest BCUT2D eigenvalue weighted by molar-refractivity contribution is -0.383. The summed E-state index contributed by atoms with van der Waals surface area (Å²) in [5.74, 6) is 0.702. The summed E-state index contributed by atoms with van der Waals surface area (Å²) in [5, 5.41) is 14.2. The molecule has 0 amide bonds. The van der Waals surface area contributed by atoms with E-state index in [4.69, 9.17) is 0 Å². The molecule has 8 heteroatoms. The lowest BCUT2D eigenvalue weighted by Gasteiger charge is -2.08. The predicted octanol–water partition coefficient (Wildman–Crippen LogP) is 2.09. The first-order valence-electron chi connectivity index (χ1n) is 6.43. The van der Waals surface area contributed by atoms with Crippen LogP contribution in [0.4, 0.5) is 11.5 Å². The van der Waals surface area contributed by atoms with Gasteiger partial charge in [0.2, 0.25) is 5.82 Å². The van der Waals surface area contributed by atoms with Gasteiger partial charge in [-0.2, -0.15) is 0 Å². The number of hydrogen-bond donors (Lipinski definition) is 1. The molecule has 0 aromatic carbocycles. The van der Waals surface area contributed by atoms with Crippen LogP contribution in [-0.4, -0.2) is 31.0 Å². The Hall–Kier alpha value is -2.51. The number of aryl methyl sites for hydroxylation is 1. The summed E-state index contributed by atoms with van der Waals surface area (Å²) in [7, 11) is 0. The molecule has 2 rings (SSSR count). The van der Waals surface area contributed by atoms with Crippen LogP contribution in [0.1, 0.15) is 20.3 Å². The van der Waals surface area contributed by atoms with E-state index in [2.05, 4.69) is 20.3 Å². The Kier molecular flexibility index (Phi) is 4.24. The van der Waals surface area contributed by atoms with E-state index in [9.17, 15) is 10.1 Å². The van der Waals surface area contributed by atoms with Crippen LogP contribution < -0.4 is 5.32 Å². The summed E-state index contributed by atoms with van der Waals surface area (Å²) in [5.41, 5.74) is 0.0947. The summed E-state index contributed by atoms with van der Waals surface area (Å²) in [6.45, 7) is 5.15. The molecule has 0 aliphatic rings. The maximum absolute atomic E-state index is 11.3. The van der Waals surface area contributed by atoms with Gasteiger partial charge in [0.15, 0.2) is 11.5 Å². The van der Waals surface area contributed by atoms with Crippen molar-refractivity contribution in [1.29, 1.82) is 0 Å². The van der Waals surface area contributed by atoms with Crippen molar-refractivity contribution < 1.29 is 4.92 Å². The third-order valence-electron chi connectivity index (χ3n) is 2.74. The number of nitrogens with zero attached hydrogens (tertiary/aromatic N) is 5. The third kappa shape index (κ3) is 2.58. The minimum Gasteiger partial charge on any atom is -0.364 e. The molecule has 8 nitrogen and oxygen atoms in total. The molecule has 0 fully saturated rings. The molecule has 0 spiro atoms. The molecule has 0 unspecified atom stereocenters. The average Bonchev–Trinajstić information content (AvgIpc) is 2.87. The van der Waals surface area contributed by atoms with Crippen LogP contribution in [0.5, 0.6) is 0 Å². The van der Waals surface area contributed by atoms with Crippen molar-refractivity contribution >= 4 is 11.5 Å². The van der Waals surface area contributed by atoms with Gasteiger partial charge in [-0.05, 0) is 13.3 Å². The van der Waals surface area contributed by atoms with Crippen LogP contribution in [0.15, 0.2) is 18.7 Å². The first kappa shape index (κ1) is 13.9. The van der Waals surface area contributed by atoms with Gasteiger partial charge in [0, 0.05) is 25.5 Å². The van der Waals surface area contributed by atoms with Crippen molar-refractivity contribution in [3.05, 3.63) is 28.8 Å². The fourth-order valence-corrected chi connectivity index (χ4v) is 1.96. The lowest BCUT2D eigenvalue weighted by Crippen LogP contribution is -2.08. The van der Waals surface area contributed by atoms with Gasteiger partial charge in [-0.1, -0.05) is 6.92 Å². The zero-order chi connectivity index (χ0) is 14.5. The highest BCUT2D eigenvalue weighted by atomic mass is 16.6. The highest BCUT2D eigenvalue weighted by Crippen LogP contribution is 2.31. The van der Waals surface area contributed by atoms with E-state index in [0.29, 0.717) is 12.4 Å². The highest BCUT2D eigenvalue weighted by Gasteiger charge is 2.26. The van der Waals surface area contributed by atoms with Gasteiger partial charge in [0.05, 0.1) is 4.92 Å². The molecule has 0 bridgehead atoms. The van der Waals surface area contributed by atoms with E-state index in [1.54, 1.807) is 12.4 Å². The number of aromatic nitrogens is 4. The van der Waals surface area contributed by atoms with Gasteiger partial charge >= 0.3 is 5.69 Å². The van der Waals surface area contributed by atoms with Crippen molar-refractivity contribution in [2.24, 2.45) is 0 Å². The maximum Gasteiger partial charge on any atom is 0.340 e. The van der Waals surface area contributed by atoms with Crippen molar-refractivity contribution in [2.75, 3.05) is 11.9 Å². The topological polar surface area (TPSA) is 98.8 Å². The molecule has 0 atom stereocenters. The third-order valence-corrected chi connectivity index (χ3v) is 2.74. The molecule has 2 aromatic heterocycles. The van der Waals surface area contributed by atoms with Crippen LogP contribution >= 0.6 is 0 Å². The van der Waals surface area contributed by atoms with Crippen molar-refractivity contribution in [3.8, 4) is 11.5 Å². The summed E-state index contributed by atoms with van der Waals surface area (Å²) in [6.07, 6.45) is 5.62. The average molecular weight is 276 g/mol. The largest absolute Gasteiger partial charge is 0.364 e. The zero-order valence-electron chi connectivity index (χ0n) is 11.4. The number of nitro groups is 1. The molecule has 0 aliphatic carbocycles. The Bertz CT molecular complexity index is 610. The molecule has 20 heavy (non-hydrogen) atoms. The minimum absolute atomic E-state index is 0.141. The summed E-state index contributed by atoms with van der Waals surface area (Å²) in [6, 6.07) is 0. The van der Waals surface area contributed by atoms with Crippen LogP contribution in [0.3, 0.4) is 0 Å². The first-order valence-corrected chi connectivity index (χ1v) is 6.43. The fourth-order valence-electron chi connectivity index (χ4n) is 1.96. The molecule has 0 radical (unpaired) electrons. The number of anilines is 1. The Morgan fingerprint density at radius 2 is 2.15 bits per heavy atom. The van der Waals surface area contributed by atoms with Gasteiger partial charge in [-0.3, -0.25) is 10.1 Å². The number of hydrogen-bond acceptors (Lipinski definition) is 6. The Morgan fingerprint density at radius 1 is 1.35 bits per heavy atom. The SMILES string of the molecule is CCCn1ccnc1-c1ncnc(NCC)c1[N+](=O)[O-]. The Labute approximate surface area is 116 Å². The number of imidazole rings is 1. The smallest absolute Gasteiger partial charge is 0.340 e. The lowest BCUT2D eigenvalue weighted by atomic mass is 10.3. The molecule has 106 valence electrons.